The highest BCUT2D eigenvalue weighted by atomic mass is 16.7. The molecule has 4 heterocycles. The van der Waals surface area contributed by atoms with Crippen molar-refractivity contribution in [1.29, 1.82) is 0 Å². The zero-order valence-electron chi connectivity index (χ0n) is 22.0. The summed E-state index contributed by atoms with van der Waals surface area (Å²) in [6.07, 6.45) is 5.42. The van der Waals surface area contributed by atoms with E-state index in [1.807, 2.05) is 4.90 Å². The Morgan fingerprint density at radius 3 is 2.43 bits per heavy atom. The van der Waals surface area contributed by atoms with Gasteiger partial charge in [0, 0.05) is 32.8 Å². The smallest absolute Gasteiger partial charge is 0.407 e. The lowest BCUT2D eigenvalue weighted by Gasteiger charge is -2.58. The molecule has 1 N–H and O–H groups in total. The Labute approximate surface area is 215 Å². The fourth-order valence-electron chi connectivity index (χ4n) is 5.15. The van der Waals surface area contributed by atoms with Gasteiger partial charge in [-0.15, -0.1) is 15.0 Å². The van der Waals surface area contributed by atoms with Crippen molar-refractivity contribution in [1.82, 2.24) is 40.1 Å². The molecule has 13 heteroatoms. The van der Waals surface area contributed by atoms with Crippen molar-refractivity contribution in [2.75, 3.05) is 38.4 Å². The minimum absolute atomic E-state index is 0.0154. The second kappa shape index (κ2) is 10.2. The molecule has 0 radical (unpaired) electrons. The first kappa shape index (κ1) is 26.2. The van der Waals surface area contributed by atoms with Gasteiger partial charge in [0.25, 0.3) is 0 Å². The molecular weight excluding hydrogens is 478 g/mol. The Morgan fingerprint density at radius 2 is 1.86 bits per heavy atom. The fourth-order valence-corrected chi connectivity index (χ4v) is 5.15. The lowest BCUT2D eigenvalue weighted by atomic mass is 9.65. The van der Waals surface area contributed by atoms with E-state index >= 15 is 0 Å². The van der Waals surface area contributed by atoms with E-state index in [-0.39, 0.29) is 18.1 Å². The topological polar surface area (TPSA) is 145 Å². The molecule has 0 aliphatic carbocycles. The molecule has 13 nitrogen and oxygen atoms in total. The maximum Gasteiger partial charge on any atom is 0.407 e. The number of methoxy groups -OCH3 is 1. The third-order valence-corrected chi connectivity index (χ3v) is 6.89. The Kier molecular flexibility index (Phi) is 7.25. The molecule has 0 bridgehead atoms. The number of nitrogens with zero attached hydrogens (tertiary/aromatic N) is 9. The van der Waals surface area contributed by atoms with E-state index in [9.17, 15) is 9.90 Å². The third-order valence-electron chi connectivity index (χ3n) is 6.89. The molecular formula is C24H33N9O4. The van der Waals surface area contributed by atoms with Crippen molar-refractivity contribution in [3.63, 3.8) is 0 Å². The Morgan fingerprint density at radius 1 is 1.14 bits per heavy atom. The molecule has 1 atom stereocenters. The van der Waals surface area contributed by atoms with E-state index in [1.54, 1.807) is 35.8 Å². The standard InChI is InChI=1S/C24H33N9O4/c1-16(2)24(23(3,4)5)14-31(9-10-32(24)22(34)35)21-26-13-18(29-30-21)20-19(37-15-36-6)11-17(12-25-20)33-27-7-8-28-33/h7-8,11-13,16H,9-10,14-15H2,1-6H3,(H,34,35)/t24-/m0/s1. The lowest BCUT2D eigenvalue weighted by molar-refractivity contribution is -0.0379. The maximum absolute atomic E-state index is 12.2. The van der Waals surface area contributed by atoms with Crippen molar-refractivity contribution < 1.29 is 19.4 Å². The van der Waals surface area contributed by atoms with Crippen LogP contribution in [0.1, 0.15) is 34.6 Å². The molecule has 1 aliphatic rings. The van der Waals surface area contributed by atoms with Crippen LogP contribution < -0.4 is 9.64 Å². The monoisotopic (exact) mass is 511 g/mol. The average Bonchev–Trinajstić information content (AvgIpc) is 3.41. The zero-order valence-corrected chi connectivity index (χ0v) is 22.0. The van der Waals surface area contributed by atoms with Gasteiger partial charge in [0.1, 0.15) is 17.1 Å². The van der Waals surface area contributed by atoms with Crippen LogP contribution in [-0.4, -0.2) is 90.3 Å². The number of carboxylic acid groups (broad SMARTS) is 1. The molecule has 4 rings (SSSR count). The normalized spacial score (nSPS) is 18.4. The van der Waals surface area contributed by atoms with Crippen LogP contribution in [0.15, 0.2) is 30.9 Å². The van der Waals surface area contributed by atoms with Gasteiger partial charge in [-0.2, -0.15) is 10.2 Å². The molecule has 0 aromatic carbocycles. The second-order valence-electron chi connectivity index (χ2n) is 10.2. The number of ether oxygens (including phenoxy) is 2. The van der Waals surface area contributed by atoms with Gasteiger partial charge in [-0.3, -0.25) is 4.90 Å². The molecule has 1 amide bonds. The first-order chi connectivity index (χ1) is 17.6. The molecule has 1 saturated heterocycles. The van der Waals surface area contributed by atoms with Crippen molar-refractivity contribution in [2.45, 2.75) is 40.2 Å². The van der Waals surface area contributed by atoms with E-state index in [2.05, 4.69) is 65.0 Å². The number of piperazine rings is 1. The summed E-state index contributed by atoms with van der Waals surface area (Å²) in [6.45, 7) is 11.6. The molecule has 1 fully saturated rings. The van der Waals surface area contributed by atoms with Crippen LogP contribution in [0.5, 0.6) is 5.75 Å². The van der Waals surface area contributed by atoms with Crippen LogP contribution >= 0.6 is 0 Å². The number of amides is 1. The van der Waals surface area contributed by atoms with Crippen LogP contribution in [0.3, 0.4) is 0 Å². The summed E-state index contributed by atoms with van der Waals surface area (Å²) in [5.41, 5.74) is 0.513. The fraction of sp³-hybridized carbons (Fsp3) is 0.542. The van der Waals surface area contributed by atoms with Crippen molar-refractivity contribution in [3.8, 4) is 22.8 Å². The van der Waals surface area contributed by atoms with E-state index in [0.29, 0.717) is 48.4 Å². The van der Waals surface area contributed by atoms with Crippen molar-refractivity contribution >= 4 is 12.0 Å². The van der Waals surface area contributed by atoms with Gasteiger partial charge in [-0.1, -0.05) is 34.6 Å². The molecule has 0 unspecified atom stereocenters. The minimum Gasteiger partial charge on any atom is -0.465 e. The number of rotatable bonds is 7. The van der Waals surface area contributed by atoms with Crippen LogP contribution in [-0.2, 0) is 4.74 Å². The molecule has 198 valence electrons. The number of pyridine rings is 1. The SMILES string of the molecule is COCOc1cc(-n2nccn2)cnc1-c1cnc(N2CCN(C(=O)O)[C@@](C(C)C)(C(C)(C)C)C2)nn1. The zero-order chi connectivity index (χ0) is 26.8. The molecule has 3 aromatic heterocycles. The van der Waals surface area contributed by atoms with Gasteiger partial charge in [-0.05, 0) is 11.3 Å². The van der Waals surface area contributed by atoms with Gasteiger partial charge >= 0.3 is 6.09 Å². The quantitative estimate of drug-likeness (QED) is 0.467. The van der Waals surface area contributed by atoms with Crippen LogP contribution in [0.4, 0.5) is 10.7 Å². The first-order valence-corrected chi connectivity index (χ1v) is 12.0. The number of hydrogen-bond donors (Lipinski definition) is 1. The molecule has 3 aromatic rings. The number of carbonyl (C=O) groups is 1. The predicted molar refractivity (Wildman–Crippen MR) is 134 cm³/mol. The summed E-state index contributed by atoms with van der Waals surface area (Å²) in [5.74, 6) is 0.910. The summed E-state index contributed by atoms with van der Waals surface area (Å²) in [7, 11) is 1.53. The third kappa shape index (κ3) is 4.90. The largest absolute Gasteiger partial charge is 0.465 e. The van der Waals surface area contributed by atoms with Gasteiger partial charge in [0.2, 0.25) is 5.95 Å². The second-order valence-corrected chi connectivity index (χ2v) is 10.2. The predicted octanol–water partition coefficient (Wildman–Crippen LogP) is 2.74. The Balaban J connectivity index is 1.64. The minimum atomic E-state index is -0.916. The van der Waals surface area contributed by atoms with Gasteiger partial charge in [-0.25, -0.2) is 14.8 Å². The molecule has 37 heavy (non-hydrogen) atoms. The lowest BCUT2D eigenvalue weighted by Crippen LogP contribution is -2.71. The number of aromatic nitrogens is 7. The highest BCUT2D eigenvalue weighted by molar-refractivity contribution is 5.67. The summed E-state index contributed by atoms with van der Waals surface area (Å²) in [4.78, 5) is 26.3. The van der Waals surface area contributed by atoms with Gasteiger partial charge in [0.15, 0.2) is 12.5 Å². The highest BCUT2D eigenvalue weighted by Gasteiger charge is 2.54. The van der Waals surface area contributed by atoms with Crippen LogP contribution in [0.2, 0.25) is 0 Å². The maximum atomic E-state index is 12.2. The summed E-state index contributed by atoms with van der Waals surface area (Å²) < 4.78 is 10.8. The average molecular weight is 512 g/mol. The summed E-state index contributed by atoms with van der Waals surface area (Å²) in [5, 5.41) is 27.0. The van der Waals surface area contributed by atoms with E-state index in [1.165, 1.54) is 11.9 Å². The number of anilines is 1. The van der Waals surface area contributed by atoms with Crippen LogP contribution in [0, 0.1) is 11.3 Å². The van der Waals surface area contributed by atoms with E-state index < -0.39 is 11.6 Å². The van der Waals surface area contributed by atoms with E-state index in [0.717, 1.165) is 0 Å². The highest BCUT2D eigenvalue weighted by Crippen LogP contribution is 2.44. The molecule has 0 spiro atoms. The van der Waals surface area contributed by atoms with Crippen molar-refractivity contribution in [2.24, 2.45) is 11.3 Å². The first-order valence-electron chi connectivity index (χ1n) is 12.0. The summed E-state index contributed by atoms with van der Waals surface area (Å²) >= 11 is 0. The Bertz CT molecular complexity index is 1210. The Hall–Kier alpha value is -3.87. The van der Waals surface area contributed by atoms with Gasteiger partial charge in [0.05, 0.1) is 30.3 Å². The van der Waals surface area contributed by atoms with E-state index in [4.69, 9.17) is 9.47 Å². The molecule has 1 aliphatic heterocycles. The van der Waals surface area contributed by atoms with Crippen molar-refractivity contribution in [3.05, 3.63) is 30.9 Å². The molecule has 0 saturated carbocycles. The summed E-state index contributed by atoms with van der Waals surface area (Å²) in [6, 6.07) is 1.74. The van der Waals surface area contributed by atoms with Crippen LogP contribution in [0.25, 0.3) is 17.1 Å². The number of hydrogen-bond acceptors (Lipinski definition) is 10. The van der Waals surface area contributed by atoms with Gasteiger partial charge < -0.3 is 19.5 Å².